The van der Waals surface area contributed by atoms with Gasteiger partial charge >= 0.3 is 0 Å². The van der Waals surface area contributed by atoms with Crippen LogP contribution in [0.25, 0.3) is 0 Å². The molecule has 0 heterocycles. The van der Waals surface area contributed by atoms with Crippen LogP contribution in [0, 0.1) is 0 Å². The Kier molecular flexibility index (Phi) is 11.5. The predicted molar refractivity (Wildman–Crippen MR) is 77.3 cm³/mol. The summed E-state index contributed by atoms with van der Waals surface area (Å²) >= 11 is 15.6. The van der Waals surface area contributed by atoms with E-state index in [-0.39, 0.29) is 0 Å². The number of phosphoric ester groups is 1. The van der Waals surface area contributed by atoms with Crippen molar-refractivity contribution < 1.29 is 24.2 Å². The summed E-state index contributed by atoms with van der Waals surface area (Å²) in [6.45, 7) is 6.06. The number of hydrogen-bond acceptors (Lipinski definition) is 4. The van der Waals surface area contributed by atoms with Crippen molar-refractivity contribution in [3.8, 4) is 0 Å². The zero-order chi connectivity index (χ0) is 15.7. The third-order valence-electron chi connectivity index (χ3n) is 2.86. The quantitative estimate of drug-likeness (QED) is 0.584. The molecule has 0 rings (SSSR count). The summed E-state index contributed by atoms with van der Waals surface area (Å²) in [7, 11) is -3.32. The van der Waals surface area contributed by atoms with E-state index in [0.717, 1.165) is 7.11 Å². The minimum absolute atomic E-state index is 0.375. The van der Waals surface area contributed by atoms with Gasteiger partial charge in [-0.15, -0.1) is 0 Å². The minimum Gasteiger partial charge on any atom is -0.756 e. The fourth-order valence-electron chi connectivity index (χ4n) is 0.955. The first-order valence-corrected chi connectivity index (χ1v) is 8.48. The number of halogens is 3. The van der Waals surface area contributed by atoms with Crippen LogP contribution in [0.3, 0.4) is 0 Å². The first-order chi connectivity index (χ1) is 8.45. The molecule has 0 aromatic carbocycles. The van der Waals surface area contributed by atoms with Crippen LogP contribution in [0.5, 0.6) is 0 Å². The van der Waals surface area contributed by atoms with Gasteiger partial charge in [-0.05, 0) is 19.3 Å². The molecule has 0 fully saturated rings. The van der Waals surface area contributed by atoms with Gasteiger partial charge in [0.1, 0.15) is 6.61 Å². The molecule has 0 saturated heterocycles. The highest BCUT2D eigenvalue weighted by molar-refractivity contribution is 7.45. The predicted octanol–water partition coefficient (Wildman–Crippen LogP) is 2.69. The molecular weight excluding hydrogens is 335 g/mol. The van der Waals surface area contributed by atoms with E-state index in [4.69, 9.17) is 34.8 Å². The molecule has 0 saturated carbocycles. The minimum atomic E-state index is -4.27. The van der Waals surface area contributed by atoms with Gasteiger partial charge in [0, 0.05) is 7.11 Å². The lowest BCUT2D eigenvalue weighted by molar-refractivity contribution is -0.480. The van der Waals surface area contributed by atoms with Gasteiger partial charge in [0.2, 0.25) is 3.79 Å². The Balaban J connectivity index is 0. The highest BCUT2D eigenvalue weighted by Crippen LogP contribution is 2.40. The van der Waals surface area contributed by atoms with E-state index < -0.39 is 18.2 Å². The van der Waals surface area contributed by atoms with Gasteiger partial charge < -0.3 is 19.7 Å². The molecule has 0 bridgehead atoms. The highest BCUT2D eigenvalue weighted by atomic mass is 35.6. The summed E-state index contributed by atoms with van der Waals surface area (Å²) in [5, 5.41) is 0. The number of hydrogen-bond donors (Lipinski definition) is 1. The summed E-state index contributed by atoms with van der Waals surface area (Å²) < 4.78 is 16.8. The van der Waals surface area contributed by atoms with Gasteiger partial charge in [-0.2, -0.15) is 0 Å². The SMILES string of the molecule is CCC([NH3+])(CC)CC.COP(=O)([O-])OCC(Cl)(Cl)Cl. The van der Waals surface area contributed by atoms with Gasteiger partial charge in [-0.3, -0.25) is 4.57 Å². The van der Waals surface area contributed by atoms with Gasteiger partial charge in [-0.1, -0.05) is 55.6 Å². The molecule has 0 amide bonds. The van der Waals surface area contributed by atoms with Crippen LogP contribution in [0.4, 0.5) is 0 Å². The maximum atomic E-state index is 10.5. The lowest BCUT2D eigenvalue weighted by Gasteiger charge is -2.22. The summed E-state index contributed by atoms with van der Waals surface area (Å²) in [6, 6.07) is 0. The Bertz CT molecular complexity index is 274. The van der Waals surface area contributed by atoms with E-state index in [1.54, 1.807) is 0 Å². The number of phosphoric acid groups is 1. The van der Waals surface area contributed by atoms with Crippen molar-refractivity contribution in [1.82, 2.24) is 0 Å². The Labute approximate surface area is 130 Å². The molecule has 9 heteroatoms. The Morgan fingerprint density at radius 2 is 1.53 bits per heavy atom. The van der Waals surface area contributed by atoms with Crippen molar-refractivity contribution in [3.05, 3.63) is 0 Å². The summed E-state index contributed by atoms with van der Waals surface area (Å²) in [6.07, 6.45) is 3.63. The van der Waals surface area contributed by atoms with Gasteiger partial charge in [0.15, 0.2) is 0 Å². The summed E-state index contributed by atoms with van der Waals surface area (Å²) in [5.41, 5.74) is 4.50. The van der Waals surface area contributed by atoms with E-state index in [1.807, 2.05) is 0 Å². The van der Waals surface area contributed by atoms with Crippen molar-refractivity contribution in [2.45, 2.75) is 49.4 Å². The van der Waals surface area contributed by atoms with Crippen molar-refractivity contribution >= 4 is 42.6 Å². The van der Waals surface area contributed by atoms with E-state index in [9.17, 15) is 9.46 Å². The Morgan fingerprint density at radius 1 is 1.16 bits per heavy atom. The molecule has 3 N–H and O–H groups in total. The zero-order valence-electron chi connectivity index (χ0n) is 11.7. The maximum Gasteiger partial charge on any atom is 0.267 e. The molecule has 0 aliphatic heterocycles. The fourth-order valence-corrected chi connectivity index (χ4v) is 1.80. The lowest BCUT2D eigenvalue weighted by Crippen LogP contribution is -2.71. The molecule has 0 aliphatic rings. The van der Waals surface area contributed by atoms with Crippen molar-refractivity contribution in [2.75, 3.05) is 13.7 Å². The number of alkyl halides is 3. The number of rotatable bonds is 6. The lowest BCUT2D eigenvalue weighted by atomic mass is 9.92. The third-order valence-corrected chi connectivity index (χ3v) is 4.08. The van der Waals surface area contributed by atoms with E-state index >= 15 is 0 Å². The van der Waals surface area contributed by atoms with Crippen molar-refractivity contribution in [3.63, 3.8) is 0 Å². The molecule has 1 atom stereocenters. The first kappa shape index (κ1) is 22.2. The summed E-state index contributed by atoms with van der Waals surface area (Å²) in [5.74, 6) is 0. The third kappa shape index (κ3) is 13.7. The molecule has 0 spiro atoms. The second kappa shape index (κ2) is 9.80. The van der Waals surface area contributed by atoms with Crippen molar-refractivity contribution in [2.24, 2.45) is 0 Å². The topological polar surface area (TPSA) is 86.2 Å². The molecule has 5 nitrogen and oxygen atoms in total. The zero-order valence-corrected chi connectivity index (χ0v) is 14.9. The average Bonchev–Trinajstić information content (AvgIpc) is 2.36. The molecule has 0 aromatic rings. The van der Waals surface area contributed by atoms with Crippen LogP contribution >= 0.6 is 42.6 Å². The van der Waals surface area contributed by atoms with Gasteiger partial charge in [-0.25, -0.2) is 0 Å². The van der Waals surface area contributed by atoms with Gasteiger partial charge in [0.05, 0.1) is 5.54 Å². The van der Waals surface area contributed by atoms with Crippen LogP contribution in [0.1, 0.15) is 40.0 Å². The van der Waals surface area contributed by atoms with E-state index in [0.29, 0.717) is 5.54 Å². The Morgan fingerprint density at radius 3 is 1.68 bits per heavy atom. The van der Waals surface area contributed by atoms with Gasteiger partial charge in [0.25, 0.3) is 7.82 Å². The second-order valence-electron chi connectivity index (χ2n) is 4.08. The molecule has 19 heavy (non-hydrogen) atoms. The molecule has 1 unspecified atom stereocenters. The van der Waals surface area contributed by atoms with Crippen LogP contribution < -0.4 is 10.6 Å². The average molecular weight is 359 g/mol. The van der Waals surface area contributed by atoms with Crippen LogP contribution in [0.2, 0.25) is 0 Å². The second-order valence-corrected chi connectivity index (χ2v) is 8.11. The van der Waals surface area contributed by atoms with Crippen molar-refractivity contribution in [1.29, 1.82) is 0 Å². The van der Waals surface area contributed by atoms with Crippen LogP contribution in [-0.4, -0.2) is 23.0 Å². The normalized spacial score (nSPS) is 15.4. The standard InChI is InChI=1S/C7H17N.C3H6Cl3O4P/c1-4-7(8,5-2)6-3;1-9-11(7,8)10-2-3(4,5)6/h4-6,8H2,1-3H3;2H2,1H3,(H,7,8). The highest BCUT2D eigenvalue weighted by Gasteiger charge is 2.22. The van der Waals surface area contributed by atoms with Crippen LogP contribution in [-0.2, 0) is 13.6 Å². The summed E-state index contributed by atoms with van der Waals surface area (Å²) in [4.78, 5) is 10.5. The molecule has 0 aromatic heterocycles. The Hall–Kier alpha value is 0.940. The monoisotopic (exact) mass is 357 g/mol. The largest absolute Gasteiger partial charge is 0.756 e. The number of quaternary nitrogens is 1. The van der Waals surface area contributed by atoms with E-state index in [1.165, 1.54) is 19.3 Å². The first-order valence-electron chi connectivity index (χ1n) is 5.88. The molecule has 118 valence electrons. The molecular formula is C10H23Cl3NO4P. The fraction of sp³-hybridized carbons (Fsp3) is 1.00. The molecule has 0 radical (unpaired) electrons. The maximum absolute atomic E-state index is 10.5. The van der Waals surface area contributed by atoms with E-state index in [2.05, 4.69) is 35.6 Å². The molecule has 0 aliphatic carbocycles. The smallest absolute Gasteiger partial charge is 0.267 e. The van der Waals surface area contributed by atoms with Crippen LogP contribution in [0.15, 0.2) is 0 Å².